The Balaban J connectivity index is 3.63. The van der Waals surface area contributed by atoms with Gasteiger partial charge in [-0.15, -0.1) is 0 Å². The number of hydrogen-bond donors (Lipinski definition) is 3. The van der Waals surface area contributed by atoms with Gasteiger partial charge in [0.1, 0.15) is 12.7 Å². The average Bonchev–Trinajstić information content (AvgIpc) is 3.20. The molecule has 0 aliphatic rings. The fraction of sp³-hybridized carbons (Fsp3) is 0.787. The second-order valence-electron chi connectivity index (χ2n) is 15.4. The van der Waals surface area contributed by atoms with Crippen molar-refractivity contribution in [2.75, 3.05) is 26.4 Å². The third-order valence-electron chi connectivity index (χ3n) is 9.76. The SMILES string of the molecule is CCCCC/C=C\C/C=C\C/C=C\C/C=C\CCCCCCCC(=O)OCC(O)COP(=O)(O)OCCNC(=O)CCCCCCCCCCCCCCCCC. The third kappa shape index (κ3) is 44.9. The van der Waals surface area contributed by atoms with Crippen LogP contribution in [0.25, 0.3) is 0 Å². The fourth-order valence-corrected chi connectivity index (χ4v) is 7.00. The molecule has 0 aromatic carbocycles. The molecular formula is C47H86NO8P. The van der Waals surface area contributed by atoms with Crippen LogP contribution in [0.5, 0.6) is 0 Å². The number of aliphatic hydroxyl groups is 1. The molecule has 0 radical (unpaired) electrons. The smallest absolute Gasteiger partial charge is 0.463 e. The summed E-state index contributed by atoms with van der Waals surface area (Å²) in [6.07, 6.45) is 50.3. The van der Waals surface area contributed by atoms with E-state index in [0.717, 1.165) is 70.6 Å². The van der Waals surface area contributed by atoms with Crippen molar-refractivity contribution in [2.45, 2.75) is 213 Å². The summed E-state index contributed by atoms with van der Waals surface area (Å²) in [5.74, 6) is -0.531. The molecule has 0 saturated carbocycles. The van der Waals surface area contributed by atoms with Crippen LogP contribution in [0.15, 0.2) is 48.6 Å². The largest absolute Gasteiger partial charge is 0.472 e. The number of carbonyl (C=O) groups is 2. The standard InChI is InChI=1S/C47H86NO8P/c1-3-5-7-9-11-13-15-17-19-20-21-22-23-24-26-28-30-32-34-36-38-40-47(51)54-43-45(49)44-56-57(52,53)55-42-41-48-46(50)39-37-35-33-31-29-27-25-18-16-14-12-10-8-6-4-2/h11,13,17,19,21-22,24,26,45,49H,3-10,12,14-16,18,20,23,25,27-44H2,1-2H3,(H,48,50)(H,52,53)/b13-11-,19-17-,22-21-,26-24-. The molecule has 57 heavy (non-hydrogen) atoms. The summed E-state index contributed by atoms with van der Waals surface area (Å²) >= 11 is 0. The maximum Gasteiger partial charge on any atom is 0.472 e. The zero-order valence-corrected chi connectivity index (χ0v) is 37.4. The Kier molecular flexibility index (Phi) is 42.0. The number of unbranched alkanes of at least 4 members (excludes halogenated alkanes) is 22. The van der Waals surface area contributed by atoms with E-state index in [1.165, 1.54) is 103 Å². The lowest BCUT2D eigenvalue weighted by atomic mass is 10.0. The molecule has 2 unspecified atom stereocenters. The first kappa shape index (κ1) is 55.0. The molecular weight excluding hydrogens is 737 g/mol. The molecule has 0 aromatic rings. The molecule has 0 aliphatic carbocycles. The number of amides is 1. The maximum absolute atomic E-state index is 12.1. The van der Waals surface area contributed by atoms with Gasteiger partial charge < -0.3 is 20.1 Å². The van der Waals surface area contributed by atoms with Crippen LogP contribution in [0.1, 0.15) is 206 Å². The molecule has 0 bridgehead atoms. The van der Waals surface area contributed by atoms with Crippen molar-refractivity contribution in [3.05, 3.63) is 48.6 Å². The van der Waals surface area contributed by atoms with Gasteiger partial charge in [0.25, 0.3) is 0 Å². The number of phosphoric acid groups is 1. The lowest BCUT2D eigenvalue weighted by Crippen LogP contribution is -2.27. The number of allylic oxidation sites excluding steroid dienone is 8. The molecule has 0 saturated heterocycles. The molecule has 0 fully saturated rings. The van der Waals surface area contributed by atoms with Gasteiger partial charge in [-0.1, -0.05) is 184 Å². The number of phosphoric ester groups is 1. The summed E-state index contributed by atoms with van der Waals surface area (Å²) < 4.78 is 26.9. The van der Waals surface area contributed by atoms with Gasteiger partial charge in [-0.25, -0.2) is 4.57 Å². The molecule has 2 atom stereocenters. The lowest BCUT2D eigenvalue weighted by molar-refractivity contribution is -0.147. The summed E-state index contributed by atoms with van der Waals surface area (Å²) in [5, 5.41) is 12.7. The van der Waals surface area contributed by atoms with Crippen LogP contribution < -0.4 is 5.32 Å². The number of carbonyl (C=O) groups excluding carboxylic acids is 2. The van der Waals surface area contributed by atoms with E-state index in [-0.39, 0.29) is 32.1 Å². The fourth-order valence-electron chi connectivity index (χ4n) is 6.25. The van der Waals surface area contributed by atoms with Gasteiger partial charge in [-0.2, -0.15) is 0 Å². The van der Waals surface area contributed by atoms with E-state index in [4.69, 9.17) is 13.8 Å². The Hall–Kier alpha value is -2.03. The summed E-state index contributed by atoms with van der Waals surface area (Å²) in [6.45, 7) is 3.52. The first-order valence-corrected chi connectivity index (χ1v) is 24.6. The zero-order chi connectivity index (χ0) is 41.8. The van der Waals surface area contributed by atoms with Gasteiger partial charge in [0.05, 0.1) is 13.2 Å². The third-order valence-corrected chi connectivity index (χ3v) is 10.7. The van der Waals surface area contributed by atoms with Gasteiger partial charge in [0, 0.05) is 19.4 Å². The minimum absolute atomic E-state index is 0.0804. The molecule has 9 nitrogen and oxygen atoms in total. The molecule has 0 aromatic heterocycles. The number of rotatable bonds is 43. The Labute approximate surface area is 349 Å². The minimum atomic E-state index is -4.42. The average molecular weight is 824 g/mol. The first-order valence-electron chi connectivity index (χ1n) is 23.1. The lowest BCUT2D eigenvalue weighted by Gasteiger charge is -2.15. The summed E-state index contributed by atoms with van der Waals surface area (Å²) in [4.78, 5) is 33.9. The number of esters is 1. The van der Waals surface area contributed by atoms with Crippen molar-refractivity contribution in [1.82, 2.24) is 5.32 Å². The number of hydrogen-bond acceptors (Lipinski definition) is 7. The van der Waals surface area contributed by atoms with Crippen molar-refractivity contribution in [3.63, 3.8) is 0 Å². The van der Waals surface area contributed by atoms with Gasteiger partial charge in [-0.05, 0) is 57.8 Å². The van der Waals surface area contributed by atoms with E-state index < -0.39 is 26.5 Å². The molecule has 1 amide bonds. The molecule has 0 aliphatic heterocycles. The predicted molar refractivity (Wildman–Crippen MR) is 238 cm³/mol. The molecule has 3 N–H and O–H groups in total. The topological polar surface area (TPSA) is 131 Å². The normalized spacial score (nSPS) is 13.7. The molecule has 0 rings (SSSR count). The van der Waals surface area contributed by atoms with Crippen LogP contribution in [-0.2, 0) is 27.9 Å². The Morgan fingerprint density at radius 1 is 0.544 bits per heavy atom. The van der Waals surface area contributed by atoms with Crippen molar-refractivity contribution in [2.24, 2.45) is 0 Å². The van der Waals surface area contributed by atoms with Crippen molar-refractivity contribution in [1.29, 1.82) is 0 Å². The van der Waals surface area contributed by atoms with Crippen molar-refractivity contribution in [3.8, 4) is 0 Å². The monoisotopic (exact) mass is 824 g/mol. The van der Waals surface area contributed by atoms with Crippen molar-refractivity contribution < 1.29 is 37.9 Å². The summed E-state index contributed by atoms with van der Waals surface area (Å²) in [7, 11) is -4.42. The Morgan fingerprint density at radius 3 is 1.46 bits per heavy atom. The second-order valence-corrected chi connectivity index (χ2v) is 16.8. The molecule has 0 spiro atoms. The van der Waals surface area contributed by atoms with Crippen LogP contribution in [-0.4, -0.2) is 54.3 Å². The van der Waals surface area contributed by atoms with Gasteiger partial charge >= 0.3 is 13.8 Å². The van der Waals surface area contributed by atoms with Gasteiger partial charge in [0.15, 0.2) is 0 Å². The molecule has 10 heteroatoms. The van der Waals surface area contributed by atoms with Crippen LogP contribution in [0, 0.1) is 0 Å². The van der Waals surface area contributed by atoms with E-state index in [2.05, 4.69) is 67.8 Å². The Bertz CT molecular complexity index is 1080. The highest BCUT2D eigenvalue weighted by atomic mass is 31.2. The van der Waals surface area contributed by atoms with Crippen LogP contribution >= 0.6 is 7.82 Å². The number of nitrogens with one attached hydrogen (secondary N) is 1. The van der Waals surface area contributed by atoms with E-state index in [0.29, 0.717) is 12.8 Å². The summed E-state index contributed by atoms with van der Waals surface area (Å²) in [5.41, 5.74) is 0. The second kappa shape index (κ2) is 43.5. The van der Waals surface area contributed by atoms with E-state index in [1.54, 1.807) is 0 Å². The van der Waals surface area contributed by atoms with Gasteiger partial charge in [0.2, 0.25) is 5.91 Å². The minimum Gasteiger partial charge on any atom is -0.463 e. The molecule has 0 heterocycles. The number of ether oxygens (including phenoxy) is 1. The molecule has 332 valence electrons. The number of aliphatic hydroxyl groups excluding tert-OH is 1. The Morgan fingerprint density at radius 2 is 0.947 bits per heavy atom. The van der Waals surface area contributed by atoms with Crippen LogP contribution in [0.2, 0.25) is 0 Å². The van der Waals surface area contributed by atoms with E-state index >= 15 is 0 Å². The first-order chi connectivity index (χ1) is 27.8. The van der Waals surface area contributed by atoms with Gasteiger partial charge in [-0.3, -0.25) is 18.6 Å². The highest BCUT2D eigenvalue weighted by molar-refractivity contribution is 7.47. The summed E-state index contributed by atoms with van der Waals surface area (Å²) in [6, 6.07) is 0. The van der Waals surface area contributed by atoms with Crippen LogP contribution in [0.4, 0.5) is 0 Å². The van der Waals surface area contributed by atoms with E-state index in [1.807, 2.05) is 0 Å². The highest BCUT2D eigenvalue weighted by Crippen LogP contribution is 2.42. The predicted octanol–water partition coefficient (Wildman–Crippen LogP) is 13.1. The zero-order valence-electron chi connectivity index (χ0n) is 36.5. The van der Waals surface area contributed by atoms with Crippen LogP contribution in [0.3, 0.4) is 0 Å². The maximum atomic E-state index is 12.1. The highest BCUT2D eigenvalue weighted by Gasteiger charge is 2.23. The van der Waals surface area contributed by atoms with E-state index in [9.17, 15) is 24.2 Å². The van der Waals surface area contributed by atoms with Crippen molar-refractivity contribution >= 4 is 19.7 Å². The quantitative estimate of drug-likeness (QED) is 0.0240.